The smallest absolute Gasteiger partial charge is 0.292 e. The molecule has 2 aromatic rings. The first-order valence-electron chi connectivity index (χ1n) is 9.78. The van der Waals surface area contributed by atoms with Gasteiger partial charge >= 0.3 is 0 Å². The number of nitro groups is 1. The van der Waals surface area contributed by atoms with Crippen molar-refractivity contribution in [3.05, 3.63) is 58.1 Å². The first-order valence-corrected chi connectivity index (χ1v) is 9.78. The van der Waals surface area contributed by atoms with Gasteiger partial charge < -0.3 is 19.9 Å². The minimum Gasteiger partial charge on any atom is -0.497 e. The molecule has 29 heavy (non-hydrogen) atoms. The van der Waals surface area contributed by atoms with Crippen molar-refractivity contribution in [1.82, 2.24) is 4.90 Å². The van der Waals surface area contributed by atoms with E-state index in [0.29, 0.717) is 43.5 Å². The quantitative estimate of drug-likeness (QED) is 0.596. The molecule has 0 bridgehead atoms. The van der Waals surface area contributed by atoms with E-state index < -0.39 is 0 Å². The third kappa shape index (κ3) is 4.26. The Morgan fingerprint density at radius 2 is 1.79 bits per heavy atom. The van der Waals surface area contributed by atoms with Crippen molar-refractivity contribution in [3.8, 4) is 5.75 Å². The fourth-order valence-electron chi connectivity index (χ4n) is 3.53. The van der Waals surface area contributed by atoms with Crippen LogP contribution in [-0.2, 0) is 0 Å². The summed E-state index contributed by atoms with van der Waals surface area (Å²) in [7, 11) is 1.60. The molecule has 1 N–H and O–H groups in total. The van der Waals surface area contributed by atoms with Gasteiger partial charge in [0.15, 0.2) is 0 Å². The van der Waals surface area contributed by atoms with Crippen LogP contribution < -0.4 is 15.0 Å². The Kier molecular flexibility index (Phi) is 5.24. The molecule has 2 fully saturated rings. The molecule has 4 rings (SSSR count). The van der Waals surface area contributed by atoms with Crippen molar-refractivity contribution in [2.24, 2.45) is 0 Å². The second kappa shape index (κ2) is 7.98. The molecule has 1 aliphatic carbocycles. The highest BCUT2D eigenvalue weighted by atomic mass is 16.6. The highest BCUT2D eigenvalue weighted by Gasteiger charge is 2.27. The van der Waals surface area contributed by atoms with Gasteiger partial charge in [-0.3, -0.25) is 14.9 Å². The SMILES string of the molecule is COc1ccc(C(=O)N2CCN(c3ccc([N+](=O)[O-])c(NC4CC4)c3)CC2)cc1. The van der Waals surface area contributed by atoms with Gasteiger partial charge in [0, 0.05) is 49.5 Å². The monoisotopic (exact) mass is 396 g/mol. The zero-order chi connectivity index (χ0) is 20.4. The standard InChI is InChI=1S/C21H24N4O4/c1-29-18-7-2-15(3-8-18)21(26)24-12-10-23(11-13-24)17-6-9-20(25(27)28)19(14-17)22-16-4-5-16/h2-3,6-9,14,16,22H,4-5,10-13H2,1H3. The van der Waals surface area contributed by atoms with Crippen molar-refractivity contribution >= 4 is 23.0 Å². The van der Waals surface area contributed by atoms with Gasteiger partial charge in [-0.25, -0.2) is 0 Å². The van der Waals surface area contributed by atoms with E-state index in [1.807, 2.05) is 11.0 Å². The Labute approximate surface area is 169 Å². The largest absolute Gasteiger partial charge is 0.497 e. The van der Waals surface area contributed by atoms with Gasteiger partial charge in [0.1, 0.15) is 11.4 Å². The third-order valence-corrected chi connectivity index (χ3v) is 5.38. The first kappa shape index (κ1) is 19.0. The zero-order valence-corrected chi connectivity index (χ0v) is 16.3. The van der Waals surface area contributed by atoms with Crippen LogP contribution in [0, 0.1) is 10.1 Å². The summed E-state index contributed by atoms with van der Waals surface area (Å²) in [6.45, 7) is 2.58. The number of anilines is 2. The summed E-state index contributed by atoms with van der Waals surface area (Å²) in [6.07, 6.45) is 2.10. The minimum atomic E-state index is -0.347. The predicted molar refractivity (Wildman–Crippen MR) is 111 cm³/mol. The Morgan fingerprint density at radius 1 is 1.10 bits per heavy atom. The lowest BCUT2D eigenvalue weighted by molar-refractivity contribution is -0.384. The molecule has 152 valence electrons. The molecule has 1 saturated carbocycles. The van der Waals surface area contributed by atoms with Crippen molar-refractivity contribution < 1.29 is 14.5 Å². The van der Waals surface area contributed by atoms with Crippen molar-refractivity contribution in [1.29, 1.82) is 0 Å². The fraction of sp³-hybridized carbons (Fsp3) is 0.381. The van der Waals surface area contributed by atoms with Crippen molar-refractivity contribution in [2.45, 2.75) is 18.9 Å². The number of carbonyl (C=O) groups is 1. The van der Waals surface area contributed by atoms with Gasteiger partial charge in [0.05, 0.1) is 12.0 Å². The average Bonchev–Trinajstić information content (AvgIpc) is 3.57. The molecule has 1 heterocycles. The Bertz CT molecular complexity index is 903. The summed E-state index contributed by atoms with van der Waals surface area (Å²) in [5, 5.41) is 14.6. The van der Waals surface area contributed by atoms with Gasteiger partial charge in [-0.2, -0.15) is 0 Å². The van der Waals surface area contributed by atoms with E-state index in [9.17, 15) is 14.9 Å². The van der Waals surface area contributed by atoms with E-state index >= 15 is 0 Å². The van der Waals surface area contributed by atoms with Crippen LogP contribution in [0.25, 0.3) is 0 Å². The van der Waals surface area contributed by atoms with Crippen LogP contribution in [0.15, 0.2) is 42.5 Å². The summed E-state index contributed by atoms with van der Waals surface area (Å²) < 4.78 is 5.14. The third-order valence-electron chi connectivity index (χ3n) is 5.38. The number of hydrogen-bond donors (Lipinski definition) is 1. The normalized spacial score (nSPS) is 16.4. The molecule has 2 aliphatic rings. The predicted octanol–water partition coefficient (Wildman–Crippen LogP) is 3.14. The topological polar surface area (TPSA) is 88.0 Å². The number of benzene rings is 2. The maximum atomic E-state index is 12.7. The second-order valence-electron chi connectivity index (χ2n) is 7.38. The summed E-state index contributed by atoms with van der Waals surface area (Å²) in [6, 6.07) is 12.7. The number of ether oxygens (including phenoxy) is 1. The summed E-state index contributed by atoms with van der Waals surface area (Å²) in [4.78, 5) is 27.7. The van der Waals surface area contributed by atoms with Crippen LogP contribution in [0.4, 0.5) is 17.1 Å². The molecule has 1 aliphatic heterocycles. The molecule has 0 radical (unpaired) electrons. The van der Waals surface area contributed by atoms with E-state index in [2.05, 4.69) is 10.2 Å². The van der Waals surface area contributed by atoms with Crippen LogP contribution in [-0.4, -0.2) is 55.1 Å². The lowest BCUT2D eigenvalue weighted by atomic mass is 10.1. The molecule has 1 amide bonds. The van der Waals surface area contributed by atoms with Gasteiger partial charge in [0.25, 0.3) is 11.6 Å². The maximum absolute atomic E-state index is 12.7. The number of rotatable bonds is 6. The van der Waals surface area contributed by atoms with Gasteiger partial charge in [-0.15, -0.1) is 0 Å². The molecule has 0 spiro atoms. The van der Waals surface area contributed by atoms with E-state index in [0.717, 1.165) is 24.3 Å². The van der Waals surface area contributed by atoms with Crippen molar-refractivity contribution in [3.63, 3.8) is 0 Å². The van der Waals surface area contributed by atoms with Crippen LogP contribution >= 0.6 is 0 Å². The van der Waals surface area contributed by atoms with Crippen molar-refractivity contribution in [2.75, 3.05) is 43.5 Å². The molecular formula is C21H24N4O4. The van der Waals surface area contributed by atoms with E-state index in [4.69, 9.17) is 4.74 Å². The molecule has 0 atom stereocenters. The number of nitrogens with zero attached hydrogens (tertiary/aromatic N) is 3. The number of nitrogens with one attached hydrogen (secondary N) is 1. The molecule has 0 unspecified atom stereocenters. The molecular weight excluding hydrogens is 372 g/mol. The first-order chi connectivity index (χ1) is 14.0. The minimum absolute atomic E-state index is 0.00657. The number of methoxy groups -OCH3 is 1. The average molecular weight is 396 g/mol. The highest BCUT2D eigenvalue weighted by Crippen LogP contribution is 2.34. The second-order valence-corrected chi connectivity index (χ2v) is 7.38. The Hall–Kier alpha value is -3.29. The molecule has 2 aromatic carbocycles. The van der Waals surface area contributed by atoms with Crippen LogP contribution in [0.1, 0.15) is 23.2 Å². The number of amides is 1. The van der Waals surface area contributed by atoms with E-state index in [1.54, 1.807) is 43.5 Å². The van der Waals surface area contributed by atoms with Gasteiger partial charge in [-0.1, -0.05) is 0 Å². The molecule has 8 nitrogen and oxygen atoms in total. The number of piperazine rings is 1. The summed E-state index contributed by atoms with van der Waals surface area (Å²) in [5.74, 6) is 0.729. The molecule has 8 heteroatoms. The van der Waals surface area contributed by atoms with Gasteiger partial charge in [-0.05, 0) is 49.2 Å². The van der Waals surface area contributed by atoms with Crippen LogP contribution in [0.3, 0.4) is 0 Å². The lowest BCUT2D eigenvalue weighted by Gasteiger charge is -2.36. The molecule has 1 saturated heterocycles. The van der Waals surface area contributed by atoms with E-state index in [1.165, 1.54) is 0 Å². The lowest BCUT2D eigenvalue weighted by Crippen LogP contribution is -2.48. The molecule has 0 aromatic heterocycles. The number of hydrogen-bond acceptors (Lipinski definition) is 6. The maximum Gasteiger partial charge on any atom is 0.292 e. The number of nitro benzene ring substituents is 1. The Balaban J connectivity index is 1.42. The van der Waals surface area contributed by atoms with E-state index in [-0.39, 0.29) is 16.5 Å². The fourth-order valence-corrected chi connectivity index (χ4v) is 3.53. The van der Waals surface area contributed by atoms with Gasteiger partial charge in [0.2, 0.25) is 0 Å². The summed E-state index contributed by atoms with van der Waals surface area (Å²) >= 11 is 0. The number of carbonyl (C=O) groups excluding carboxylic acids is 1. The van der Waals surface area contributed by atoms with Crippen LogP contribution in [0.2, 0.25) is 0 Å². The summed E-state index contributed by atoms with van der Waals surface area (Å²) in [5.41, 5.74) is 2.27. The highest BCUT2D eigenvalue weighted by molar-refractivity contribution is 5.94. The Morgan fingerprint density at radius 3 is 2.38 bits per heavy atom. The van der Waals surface area contributed by atoms with Crippen LogP contribution in [0.5, 0.6) is 5.75 Å². The zero-order valence-electron chi connectivity index (χ0n) is 16.3.